The van der Waals surface area contributed by atoms with E-state index >= 15 is 0 Å². The molecule has 0 spiro atoms. The second kappa shape index (κ2) is 5.31. The molecule has 0 saturated heterocycles. The van der Waals surface area contributed by atoms with Crippen LogP contribution in [0.4, 0.5) is 0 Å². The summed E-state index contributed by atoms with van der Waals surface area (Å²) >= 11 is 1.23. The maximum atomic E-state index is 11.4. The first-order chi connectivity index (χ1) is 8.66. The Morgan fingerprint density at radius 2 is 2.33 bits per heavy atom. The van der Waals surface area contributed by atoms with Crippen molar-refractivity contribution in [2.45, 2.75) is 6.42 Å². The number of tetrazole rings is 1. The zero-order valence-electron chi connectivity index (χ0n) is 8.95. The molecule has 0 aliphatic rings. The van der Waals surface area contributed by atoms with E-state index in [0.717, 1.165) is 0 Å². The van der Waals surface area contributed by atoms with Crippen molar-refractivity contribution in [1.29, 1.82) is 0 Å². The van der Waals surface area contributed by atoms with Crippen molar-refractivity contribution in [3.05, 3.63) is 21.9 Å². The van der Waals surface area contributed by atoms with Gasteiger partial charge in [0, 0.05) is 18.3 Å². The van der Waals surface area contributed by atoms with E-state index in [1.54, 1.807) is 0 Å². The predicted octanol–water partition coefficient (Wildman–Crippen LogP) is -0.673. The molecule has 0 saturated carbocycles. The largest absolute Gasteiger partial charge is 0.476 e. The molecule has 94 valence electrons. The molecule has 0 fully saturated rings. The van der Waals surface area contributed by atoms with Gasteiger partial charge in [-0.1, -0.05) is 0 Å². The normalized spacial score (nSPS) is 10.2. The Balaban J connectivity index is 1.81. The number of hydrogen-bond acceptors (Lipinski definition) is 7. The molecular formula is C8H8N6O3S. The van der Waals surface area contributed by atoms with Crippen LogP contribution in [0, 0.1) is 0 Å². The molecule has 3 N–H and O–H groups in total. The number of aromatic carboxylic acids is 1. The van der Waals surface area contributed by atoms with Crippen molar-refractivity contribution in [1.82, 2.24) is 30.9 Å². The van der Waals surface area contributed by atoms with Crippen molar-refractivity contribution in [3.8, 4) is 0 Å². The van der Waals surface area contributed by atoms with Crippen LogP contribution in [0.1, 0.15) is 26.1 Å². The lowest BCUT2D eigenvalue weighted by Gasteiger charge is -1.99. The standard InChI is InChI=1S/C8H8N6O3S/c15-7(6-11-13-14-12-6)9-2-1-5-10-4(3-18-5)8(16)17/h3H,1-2H2,(H,9,15)(H,16,17)(H,11,12,13,14). The fraction of sp³-hybridized carbons (Fsp3) is 0.250. The molecule has 0 aliphatic carbocycles. The smallest absolute Gasteiger partial charge is 0.355 e. The van der Waals surface area contributed by atoms with Crippen LogP contribution in [-0.2, 0) is 6.42 Å². The molecule has 0 radical (unpaired) electrons. The fourth-order valence-corrected chi connectivity index (χ4v) is 1.92. The molecule has 0 bridgehead atoms. The van der Waals surface area contributed by atoms with Crippen molar-refractivity contribution >= 4 is 23.2 Å². The minimum Gasteiger partial charge on any atom is -0.476 e. The van der Waals surface area contributed by atoms with Crippen LogP contribution in [-0.4, -0.2) is 49.1 Å². The molecule has 0 atom stereocenters. The van der Waals surface area contributed by atoms with E-state index in [4.69, 9.17) is 5.11 Å². The van der Waals surface area contributed by atoms with Crippen LogP contribution in [0.5, 0.6) is 0 Å². The minimum atomic E-state index is -1.06. The summed E-state index contributed by atoms with van der Waals surface area (Å²) in [4.78, 5) is 25.9. The summed E-state index contributed by atoms with van der Waals surface area (Å²) in [7, 11) is 0. The van der Waals surface area contributed by atoms with Crippen molar-refractivity contribution in [2.75, 3.05) is 6.54 Å². The third-order valence-corrected chi connectivity index (χ3v) is 2.85. The van der Waals surface area contributed by atoms with E-state index in [2.05, 4.69) is 30.9 Å². The zero-order chi connectivity index (χ0) is 13.0. The highest BCUT2D eigenvalue weighted by atomic mass is 32.1. The highest BCUT2D eigenvalue weighted by molar-refractivity contribution is 7.09. The highest BCUT2D eigenvalue weighted by Gasteiger charge is 2.11. The van der Waals surface area contributed by atoms with Gasteiger partial charge in [-0.3, -0.25) is 4.79 Å². The van der Waals surface area contributed by atoms with E-state index in [1.807, 2.05) is 0 Å². The SMILES string of the molecule is O=C(O)c1csc(CCNC(=O)c2nn[nH]n2)n1. The second-order valence-corrected chi connectivity index (χ2v) is 4.12. The number of carboxylic acid groups (broad SMARTS) is 1. The van der Waals surface area contributed by atoms with Crippen molar-refractivity contribution < 1.29 is 14.7 Å². The van der Waals surface area contributed by atoms with Gasteiger partial charge < -0.3 is 10.4 Å². The first-order valence-corrected chi connectivity index (χ1v) is 5.74. The number of carbonyl (C=O) groups is 2. The lowest BCUT2D eigenvalue weighted by atomic mass is 10.4. The lowest BCUT2D eigenvalue weighted by Crippen LogP contribution is -2.26. The summed E-state index contributed by atoms with van der Waals surface area (Å²) in [6.45, 7) is 0.319. The quantitative estimate of drug-likeness (QED) is 0.654. The highest BCUT2D eigenvalue weighted by Crippen LogP contribution is 2.09. The van der Waals surface area contributed by atoms with Gasteiger partial charge in [-0.05, 0) is 5.21 Å². The van der Waals surface area contributed by atoms with E-state index < -0.39 is 11.9 Å². The van der Waals surface area contributed by atoms with Gasteiger partial charge in [0.05, 0.1) is 5.01 Å². The van der Waals surface area contributed by atoms with Crippen molar-refractivity contribution in [3.63, 3.8) is 0 Å². The number of rotatable bonds is 5. The maximum absolute atomic E-state index is 11.4. The monoisotopic (exact) mass is 268 g/mol. The first kappa shape index (κ1) is 12.1. The Bertz CT molecular complexity index is 551. The zero-order valence-corrected chi connectivity index (χ0v) is 9.77. The molecule has 1 amide bonds. The van der Waals surface area contributed by atoms with Crippen LogP contribution in [0.25, 0.3) is 0 Å². The van der Waals surface area contributed by atoms with Crippen LogP contribution in [0.2, 0.25) is 0 Å². The molecular weight excluding hydrogens is 260 g/mol. The number of nitrogens with one attached hydrogen (secondary N) is 2. The number of amides is 1. The van der Waals surface area contributed by atoms with Gasteiger partial charge in [-0.15, -0.1) is 21.5 Å². The summed E-state index contributed by atoms with van der Waals surface area (Å²) in [6, 6.07) is 0. The van der Waals surface area contributed by atoms with Gasteiger partial charge in [0.15, 0.2) is 5.69 Å². The number of nitrogens with zero attached hydrogens (tertiary/aromatic N) is 4. The molecule has 2 aromatic heterocycles. The molecule has 10 heteroatoms. The van der Waals surface area contributed by atoms with Gasteiger partial charge in [0.2, 0.25) is 0 Å². The van der Waals surface area contributed by atoms with Gasteiger partial charge in [0.1, 0.15) is 0 Å². The predicted molar refractivity (Wildman–Crippen MR) is 59.3 cm³/mol. The molecule has 2 heterocycles. The number of aromatic amines is 1. The number of carbonyl (C=O) groups excluding carboxylic acids is 1. The van der Waals surface area contributed by atoms with Crippen molar-refractivity contribution in [2.24, 2.45) is 0 Å². The summed E-state index contributed by atoms with van der Waals surface area (Å²) < 4.78 is 0. The number of hydrogen-bond donors (Lipinski definition) is 3. The van der Waals surface area contributed by atoms with E-state index in [-0.39, 0.29) is 11.5 Å². The Morgan fingerprint density at radius 3 is 2.94 bits per heavy atom. The van der Waals surface area contributed by atoms with Gasteiger partial charge >= 0.3 is 5.97 Å². The van der Waals surface area contributed by atoms with E-state index in [0.29, 0.717) is 18.0 Å². The Labute approximate surface area is 104 Å². The Hall–Kier alpha value is -2.36. The molecule has 0 unspecified atom stereocenters. The molecule has 2 aromatic rings. The number of H-pyrrole nitrogens is 1. The van der Waals surface area contributed by atoms with Crippen LogP contribution < -0.4 is 5.32 Å². The topological polar surface area (TPSA) is 134 Å². The minimum absolute atomic E-state index is 0.0134. The molecule has 0 aromatic carbocycles. The first-order valence-electron chi connectivity index (χ1n) is 4.86. The molecule has 0 aliphatic heterocycles. The maximum Gasteiger partial charge on any atom is 0.355 e. The Kier molecular flexibility index (Phi) is 3.57. The molecule has 18 heavy (non-hydrogen) atoms. The molecule has 2 rings (SSSR count). The summed E-state index contributed by atoms with van der Waals surface area (Å²) in [5.41, 5.74) is 0.0134. The lowest BCUT2D eigenvalue weighted by molar-refractivity contribution is 0.0690. The fourth-order valence-electron chi connectivity index (χ4n) is 1.14. The third-order valence-electron chi connectivity index (χ3n) is 1.94. The summed E-state index contributed by atoms with van der Waals surface area (Å²) in [6.07, 6.45) is 0.446. The number of aromatic nitrogens is 5. The van der Waals surface area contributed by atoms with Gasteiger partial charge in [0.25, 0.3) is 11.7 Å². The average molecular weight is 268 g/mol. The average Bonchev–Trinajstić information content (AvgIpc) is 3.00. The van der Waals surface area contributed by atoms with E-state index in [9.17, 15) is 9.59 Å². The number of carboxylic acids is 1. The second-order valence-electron chi connectivity index (χ2n) is 3.17. The van der Waals surface area contributed by atoms with Gasteiger partial charge in [-0.25, -0.2) is 9.78 Å². The van der Waals surface area contributed by atoms with Crippen LogP contribution in [0.3, 0.4) is 0 Å². The molecule has 9 nitrogen and oxygen atoms in total. The summed E-state index contributed by atoms with van der Waals surface area (Å²) in [5.74, 6) is -1.55. The Morgan fingerprint density at radius 1 is 1.50 bits per heavy atom. The third kappa shape index (κ3) is 2.85. The summed E-state index contributed by atoms with van der Waals surface area (Å²) in [5, 5.41) is 25.8. The number of thiazole rings is 1. The van der Waals surface area contributed by atoms with Crippen LogP contribution >= 0.6 is 11.3 Å². The van der Waals surface area contributed by atoms with Gasteiger partial charge in [-0.2, -0.15) is 5.21 Å². The van der Waals surface area contributed by atoms with E-state index in [1.165, 1.54) is 16.7 Å². The van der Waals surface area contributed by atoms with Crippen LogP contribution in [0.15, 0.2) is 5.38 Å².